The largest absolute Gasteiger partial charge is 0.349 e. The van der Waals surface area contributed by atoms with Gasteiger partial charge in [0, 0.05) is 6.54 Å². The first-order valence-electron chi connectivity index (χ1n) is 7.54. The number of benzene rings is 1. The summed E-state index contributed by atoms with van der Waals surface area (Å²) < 4.78 is 1.58. The molecule has 1 aliphatic carbocycles. The van der Waals surface area contributed by atoms with Gasteiger partial charge in [-0.15, -0.1) is 5.10 Å². The van der Waals surface area contributed by atoms with Gasteiger partial charge in [0.25, 0.3) is 0 Å². The fraction of sp³-hybridized carbons (Fsp3) is 0.467. The summed E-state index contributed by atoms with van der Waals surface area (Å²) in [6.07, 6.45) is 6.13. The Morgan fingerprint density at radius 1 is 1.27 bits per heavy atom. The summed E-state index contributed by atoms with van der Waals surface area (Å²) >= 11 is 0. The van der Waals surface area contributed by atoms with Crippen molar-refractivity contribution in [3.63, 3.8) is 0 Å². The Balaban J connectivity index is 1.62. The van der Waals surface area contributed by atoms with Gasteiger partial charge in [0.05, 0.1) is 17.6 Å². The van der Waals surface area contributed by atoms with Gasteiger partial charge in [-0.1, -0.05) is 25.0 Å². The molecule has 0 radical (unpaired) electrons. The minimum Gasteiger partial charge on any atom is -0.349 e. The van der Waals surface area contributed by atoms with Crippen LogP contribution in [0.15, 0.2) is 30.6 Å². The van der Waals surface area contributed by atoms with Crippen molar-refractivity contribution in [1.29, 1.82) is 0 Å². The molecule has 2 aromatic rings. The van der Waals surface area contributed by atoms with Gasteiger partial charge < -0.3 is 11.1 Å². The molecule has 1 saturated carbocycles. The molecule has 1 heterocycles. The van der Waals surface area contributed by atoms with Crippen LogP contribution < -0.4 is 11.1 Å². The molecule has 0 aliphatic heterocycles. The molecule has 22 heavy (non-hydrogen) atoms. The third-order valence-electron chi connectivity index (χ3n) is 4.27. The number of carbonyl (C=O) groups excluding carboxylic acids is 1. The van der Waals surface area contributed by atoms with E-state index in [-0.39, 0.29) is 11.4 Å². The van der Waals surface area contributed by atoms with Crippen LogP contribution in [0.4, 0.5) is 0 Å². The highest BCUT2D eigenvalue weighted by Gasteiger charge is 2.33. The summed E-state index contributed by atoms with van der Waals surface area (Å²) in [6, 6.07) is 7.63. The molecular formula is C15H20N6O. The first-order valence-corrected chi connectivity index (χ1v) is 7.54. The van der Waals surface area contributed by atoms with E-state index in [0.29, 0.717) is 13.0 Å². The molecular weight excluding hydrogens is 280 g/mol. The Kier molecular flexibility index (Phi) is 4.15. The molecule has 1 fully saturated rings. The fourth-order valence-electron chi connectivity index (χ4n) is 3.00. The molecule has 0 atom stereocenters. The second-order valence-corrected chi connectivity index (χ2v) is 5.84. The molecule has 1 amide bonds. The zero-order valence-electron chi connectivity index (χ0n) is 12.4. The van der Waals surface area contributed by atoms with E-state index in [0.717, 1.165) is 36.9 Å². The van der Waals surface area contributed by atoms with E-state index in [4.69, 9.17) is 5.73 Å². The van der Waals surface area contributed by atoms with E-state index < -0.39 is 0 Å². The number of nitrogens with zero attached hydrogens (tertiary/aromatic N) is 4. The lowest BCUT2D eigenvalue weighted by atomic mass is 9.97. The number of hydrogen-bond donors (Lipinski definition) is 2. The summed E-state index contributed by atoms with van der Waals surface area (Å²) in [5.74, 6) is 0.0301. The van der Waals surface area contributed by atoms with E-state index >= 15 is 0 Å². The third kappa shape index (κ3) is 3.14. The van der Waals surface area contributed by atoms with E-state index in [1.54, 1.807) is 4.68 Å². The van der Waals surface area contributed by atoms with Crippen LogP contribution in [-0.4, -0.2) is 38.2 Å². The van der Waals surface area contributed by atoms with E-state index in [9.17, 15) is 4.79 Å². The predicted molar refractivity (Wildman–Crippen MR) is 81.3 cm³/mol. The third-order valence-corrected chi connectivity index (χ3v) is 4.27. The topological polar surface area (TPSA) is 98.7 Å². The van der Waals surface area contributed by atoms with Crippen molar-refractivity contribution < 1.29 is 4.79 Å². The van der Waals surface area contributed by atoms with Crippen LogP contribution in [0, 0.1) is 0 Å². The van der Waals surface area contributed by atoms with Gasteiger partial charge in [-0.3, -0.25) is 4.79 Å². The van der Waals surface area contributed by atoms with Gasteiger partial charge in [-0.05, 0) is 41.0 Å². The molecule has 7 nitrogen and oxygen atoms in total. The fourth-order valence-corrected chi connectivity index (χ4v) is 3.00. The number of carbonyl (C=O) groups is 1. The average molecular weight is 300 g/mol. The molecule has 3 rings (SSSR count). The Bertz CT molecular complexity index is 616. The summed E-state index contributed by atoms with van der Waals surface area (Å²) in [4.78, 5) is 12.2. The van der Waals surface area contributed by atoms with Gasteiger partial charge in [-0.25, -0.2) is 4.68 Å². The molecule has 0 saturated heterocycles. The van der Waals surface area contributed by atoms with Gasteiger partial charge in [0.15, 0.2) is 0 Å². The van der Waals surface area contributed by atoms with Crippen LogP contribution >= 0.6 is 0 Å². The number of nitrogens with one attached hydrogen (secondary N) is 1. The molecule has 116 valence electrons. The molecule has 1 aromatic carbocycles. The Labute approximate surface area is 128 Å². The summed E-state index contributed by atoms with van der Waals surface area (Å²) in [5, 5.41) is 14.2. The number of rotatable bonds is 5. The highest BCUT2D eigenvalue weighted by Crippen LogP contribution is 2.28. The number of tetrazole rings is 1. The minimum absolute atomic E-state index is 0.0301. The first kappa shape index (κ1) is 14.6. The van der Waals surface area contributed by atoms with Crippen molar-refractivity contribution in [1.82, 2.24) is 25.5 Å². The molecule has 7 heteroatoms. The van der Waals surface area contributed by atoms with E-state index in [1.807, 2.05) is 24.3 Å². The molecule has 0 unspecified atom stereocenters. The van der Waals surface area contributed by atoms with Crippen LogP contribution in [0.5, 0.6) is 0 Å². The molecule has 0 spiro atoms. The van der Waals surface area contributed by atoms with Gasteiger partial charge in [-0.2, -0.15) is 0 Å². The predicted octanol–water partition coefficient (Wildman–Crippen LogP) is 0.593. The van der Waals surface area contributed by atoms with Crippen molar-refractivity contribution in [3.8, 4) is 5.69 Å². The van der Waals surface area contributed by atoms with E-state index in [2.05, 4.69) is 20.8 Å². The SMILES string of the molecule is NCC1(NC(=O)Cc2ccc(-n3cnnn3)cc2)CCCC1. The lowest BCUT2D eigenvalue weighted by molar-refractivity contribution is -0.122. The number of amides is 1. The molecule has 1 aliphatic rings. The van der Waals surface area contributed by atoms with Crippen LogP contribution in [0.2, 0.25) is 0 Å². The van der Waals surface area contributed by atoms with Gasteiger partial charge >= 0.3 is 0 Å². The Morgan fingerprint density at radius 3 is 2.59 bits per heavy atom. The normalized spacial score (nSPS) is 16.6. The van der Waals surface area contributed by atoms with Crippen molar-refractivity contribution in [2.75, 3.05) is 6.54 Å². The Morgan fingerprint density at radius 2 is 2.00 bits per heavy atom. The summed E-state index contributed by atoms with van der Waals surface area (Å²) in [6.45, 7) is 0.511. The average Bonchev–Trinajstić information content (AvgIpc) is 3.20. The van der Waals surface area contributed by atoms with Crippen molar-refractivity contribution >= 4 is 5.91 Å². The zero-order valence-corrected chi connectivity index (χ0v) is 12.4. The Hall–Kier alpha value is -2.28. The van der Waals surface area contributed by atoms with Gasteiger partial charge in [0.1, 0.15) is 6.33 Å². The summed E-state index contributed by atoms with van der Waals surface area (Å²) in [7, 11) is 0. The van der Waals surface area contributed by atoms with Crippen LogP contribution in [0.1, 0.15) is 31.2 Å². The van der Waals surface area contributed by atoms with Crippen LogP contribution in [0.25, 0.3) is 5.69 Å². The lowest BCUT2D eigenvalue weighted by Gasteiger charge is -2.28. The number of aromatic nitrogens is 4. The second-order valence-electron chi connectivity index (χ2n) is 5.84. The van der Waals surface area contributed by atoms with Gasteiger partial charge in [0.2, 0.25) is 5.91 Å². The zero-order chi connectivity index (χ0) is 15.4. The molecule has 3 N–H and O–H groups in total. The highest BCUT2D eigenvalue weighted by molar-refractivity contribution is 5.79. The molecule has 0 bridgehead atoms. The summed E-state index contributed by atoms with van der Waals surface area (Å²) in [5.41, 5.74) is 7.48. The lowest BCUT2D eigenvalue weighted by Crippen LogP contribution is -2.52. The molecule has 1 aromatic heterocycles. The monoisotopic (exact) mass is 300 g/mol. The standard InChI is InChI=1S/C15H20N6O/c16-10-15(7-1-2-8-15)18-14(22)9-12-3-5-13(6-4-12)21-11-17-19-20-21/h3-6,11H,1-2,7-10,16H2,(H,18,22). The van der Waals surface area contributed by atoms with Crippen molar-refractivity contribution in [2.45, 2.75) is 37.6 Å². The quantitative estimate of drug-likeness (QED) is 0.842. The smallest absolute Gasteiger partial charge is 0.224 e. The maximum absolute atomic E-state index is 12.2. The van der Waals surface area contributed by atoms with E-state index in [1.165, 1.54) is 6.33 Å². The van der Waals surface area contributed by atoms with Crippen LogP contribution in [-0.2, 0) is 11.2 Å². The minimum atomic E-state index is -0.191. The maximum Gasteiger partial charge on any atom is 0.224 e. The first-order chi connectivity index (χ1) is 10.7. The highest BCUT2D eigenvalue weighted by atomic mass is 16.1. The second kappa shape index (κ2) is 6.23. The number of hydrogen-bond acceptors (Lipinski definition) is 5. The van der Waals surface area contributed by atoms with Crippen molar-refractivity contribution in [3.05, 3.63) is 36.2 Å². The van der Waals surface area contributed by atoms with Crippen molar-refractivity contribution in [2.24, 2.45) is 5.73 Å². The van der Waals surface area contributed by atoms with Crippen LogP contribution in [0.3, 0.4) is 0 Å². The maximum atomic E-state index is 12.2. The number of nitrogens with two attached hydrogens (primary N) is 1.